The molecule has 5 rings (SSSR count). The normalized spacial score (nSPS) is 17.4. The molecule has 0 N–H and O–H groups in total. The zero-order chi connectivity index (χ0) is 22.8. The van der Waals surface area contributed by atoms with E-state index in [0.29, 0.717) is 12.3 Å². The van der Waals surface area contributed by atoms with E-state index in [4.69, 9.17) is 4.74 Å². The molecule has 0 bridgehead atoms. The number of carbonyl (C=O) groups is 2. The Labute approximate surface area is 198 Å². The lowest BCUT2D eigenvalue weighted by Crippen LogP contribution is -2.48. The number of rotatable bonds is 7. The third-order valence-electron chi connectivity index (χ3n) is 6.49. The Hall–Kier alpha value is -3.12. The van der Waals surface area contributed by atoms with E-state index in [1.165, 1.54) is 16.0 Å². The molecule has 1 aliphatic heterocycles. The van der Waals surface area contributed by atoms with E-state index < -0.39 is 0 Å². The molecule has 1 saturated carbocycles. The molecule has 2 amide bonds. The number of nitrogens with zero attached hydrogens (tertiary/aromatic N) is 2. The van der Waals surface area contributed by atoms with Crippen LogP contribution >= 0.6 is 11.3 Å². The summed E-state index contributed by atoms with van der Waals surface area (Å²) in [6.07, 6.45) is 2.75. The van der Waals surface area contributed by atoms with Crippen LogP contribution in [-0.4, -0.2) is 47.4 Å². The second-order valence-electron chi connectivity index (χ2n) is 8.75. The van der Waals surface area contributed by atoms with Crippen molar-refractivity contribution < 1.29 is 14.3 Å². The van der Waals surface area contributed by atoms with Crippen molar-refractivity contribution in [1.82, 2.24) is 9.80 Å². The average molecular weight is 461 g/mol. The summed E-state index contributed by atoms with van der Waals surface area (Å²) < 4.78 is 5.68. The molecule has 1 unspecified atom stereocenters. The largest absolute Gasteiger partial charge is 0.484 e. The molecule has 5 nitrogen and oxygen atoms in total. The van der Waals surface area contributed by atoms with Crippen LogP contribution in [0.15, 0.2) is 66.0 Å². The molecule has 170 valence electrons. The highest BCUT2D eigenvalue weighted by atomic mass is 32.1. The van der Waals surface area contributed by atoms with Gasteiger partial charge in [0.25, 0.3) is 5.91 Å². The summed E-state index contributed by atoms with van der Waals surface area (Å²) >= 11 is 1.76. The van der Waals surface area contributed by atoms with Gasteiger partial charge in [-0.3, -0.25) is 9.59 Å². The van der Waals surface area contributed by atoms with Crippen molar-refractivity contribution in [1.29, 1.82) is 0 Å². The van der Waals surface area contributed by atoms with Crippen LogP contribution in [0.2, 0.25) is 0 Å². The topological polar surface area (TPSA) is 49.9 Å². The minimum Gasteiger partial charge on any atom is -0.484 e. The molecule has 0 radical (unpaired) electrons. The van der Waals surface area contributed by atoms with Gasteiger partial charge >= 0.3 is 0 Å². The fourth-order valence-electron chi connectivity index (χ4n) is 4.60. The molecule has 3 aromatic rings. The Morgan fingerprint density at radius 2 is 1.79 bits per heavy atom. The zero-order valence-corrected chi connectivity index (χ0v) is 19.6. The Morgan fingerprint density at radius 3 is 2.55 bits per heavy atom. The van der Waals surface area contributed by atoms with Gasteiger partial charge in [-0.25, -0.2) is 0 Å². The summed E-state index contributed by atoms with van der Waals surface area (Å²) in [5, 5.41) is 2.12. The molecule has 6 heteroatoms. The minimum absolute atomic E-state index is 0.0000594. The highest BCUT2D eigenvalue weighted by Crippen LogP contribution is 2.39. The monoisotopic (exact) mass is 460 g/mol. The maximum atomic E-state index is 13.6. The van der Waals surface area contributed by atoms with E-state index in [9.17, 15) is 9.59 Å². The first-order valence-electron chi connectivity index (χ1n) is 11.5. The second-order valence-corrected chi connectivity index (χ2v) is 9.75. The first kappa shape index (κ1) is 21.7. The Bertz CT molecular complexity index is 1140. The van der Waals surface area contributed by atoms with Gasteiger partial charge in [0.05, 0.1) is 6.04 Å². The Morgan fingerprint density at radius 1 is 1.03 bits per heavy atom. The van der Waals surface area contributed by atoms with Crippen LogP contribution in [0.4, 0.5) is 0 Å². The summed E-state index contributed by atoms with van der Waals surface area (Å²) in [7, 11) is 0. The molecule has 0 saturated heterocycles. The third-order valence-corrected chi connectivity index (χ3v) is 7.48. The van der Waals surface area contributed by atoms with Crippen molar-refractivity contribution in [2.24, 2.45) is 0 Å². The quantitative estimate of drug-likeness (QED) is 0.518. The number of para-hydroxylation sites is 1. The number of ether oxygens (including phenoxy) is 1. The van der Waals surface area contributed by atoms with Gasteiger partial charge in [-0.1, -0.05) is 42.5 Å². The van der Waals surface area contributed by atoms with Crippen LogP contribution in [0.5, 0.6) is 5.75 Å². The number of benzene rings is 2. The lowest BCUT2D eigenvalue weighted by atomic mass is 9.90. The fourth-order valence-corrected chi connectivity index (χ4v) is 5.51. The molecule has 2 aliphatic rings. The average Bonchev–Trinajstić information content (AvgIpc) is 3.57. The SMILES string of the molecule is Cc1ccccc1C1c2ccsc2CCN1C(=O)CN(C(=O)COc1ccccc1)C1CC1. The van der Waals surface area contributed by atoms with E-state index in [2.05, 4.69) is 30.5 Å². The van der Waals surface area contributed by atoms with E-state index in [-0.39, 0.29) is 37.0 Å². The van der Waals surface area contributed by atoms with Gasteiger partial charge < -0.3 is 14.5 Å². The predicted octanol–water partition coefficient (Wildman–Crippen LogP) is 4.60. The molecule has 1 fully saturated rings. The predicted molar refractivity (Wildman–Crippen MR) is 129 cm³/mol. The van der Waals surface area contributed by atoms with Gasteiger partial charge in [0.2, 0.25) is 5.91 Å². The zero-order valence-electron chi connectivity index (χ0n) is 18.8. The fraction of sp³-hybridized carbons (Fsp3) is 0.333. The van der Waals surface area contributed by atoms with E-state index in [1.807, 2.05) is 47.4 Å². The Kier molecular flexibility index (Phi) is 6.18. The summed E-state index contributed by atoms with van der Waals surface area (Å²) in [6, 6.07) is 19.8. The van der Waals surface area contributed by atoms with Crippen molar-refractivity contribution in [3.63, 3.8) is 0 Å². The van der Waals surface area contributed by atoms with Crippen LogP contribution in [0.1, 0.15) is 40.5 Å². The van der Waals surface area contributed by atoms with E-state index >= 15 is 0 Å². The number of amides is 2. The number of hydrogen-bond donors (Lipinski definition) is 0. The second kappa shape index (κ2) is 9.40. The molecule has 0 spiro atoms. The maximum Gasteiger partial charge on any atom is 0.261 e. The van der Waals surface area contributed by atoms with Gasteiger partial charge in [-0.15, -0.1) is 11.3 Å². The smallest absolute Gasteiger partial charge is 0.261 e. The van der Waals surface area contributed by atoms with Crippen molar-refractivity contribution >= 4 is 23.2 Å². The number of hydrogen-bond acceptors (Lipinski definition) is 4. The Balaban J connectivity index is 1.34. The summed E-state index contributed by atoms with van der Waals surface area (Å²) in [5.41, 5.74) is 3.54. The minimum atomic E-state index is -0.129. The number of carbonyl (C=O) groups excluding carboxylic acids is 2. The number of aryl methyl sites for hydroxylation is 1. The van der Waals surface area contributed by atoms with Crippen molar-refractivity contribution in [2.75, 3.05) is 19.7 Å². The molecular formula is C27H28N2O3S. The lowest BCUT2D eigenvalue weighted by Gasteiger charge is -2.38. The third kappa shape index (κ3) is 4.67. The van der Waals surface area contributed by atoms with Crippen LogP contribution in [0.3, 0.4) is 0 Å². The van der Waals surface area contributed by atoms with Crippen molar-refractivity contribution in [3.05, 3.63) is 87.6 Å². The maximum absolute atomic E-state index is 13.6. The van der Waals surface area contributed by atoms with Gasteiger partial charge in [0, 0.05) is 17.5 Å². The number of fused-ring (bicyclic) bond motifs is 1. The first-order valence-corrected chi connectivity index (χ1v) is 12.4. The van der Waals surface area contributed by atoms with Gasteiger partial charge in [-0.05, 0) is 66.5 Å². The van der Waals surface area contributed by atoms with Gasteiger partial charge in [0.1, 0.15) is 12.3 Å². The highest BCUT2D eigenvalue weighted by molar-refractivity contribution is 7.10. The highest BCUT2D eigenvalue weighted by Gasteiger charge is 2.38. The molecule has 33 heavy (non-hydrogen) atoms. The van der Waals surface area contributed by atoms with Crippen molar-refractivity contribution in [2.45, 2.75) is 38.3 Å². The first-order chi connectivity index (χ1) is 16.1. The molecule has 1 aromatic heterocycles. The summed E-state index contributed by atoms with van der Waals surface area (Å²) in [4.78, 5) is 31.7. The van der Waals surface area contributed by atoms with E-state index in [0.717, 1.165) is 24.8 Å². The van der Waals surface area contributed by atoms with Crippen LogP contribution in [-0.2, 0) is 16.0 Å². The van der Waals surface area contributed by atoms with Crippen molar-refractivity contribution in [3.8, 4) is 5.75 Å². The standard InChI is InChI=1S/C27H28N2O3S/c1-19-7-5-6-10-22(19)27-23-14-16-33-24(23)13-15-28(27)25(30)17-29(20-11-12-20)26(31)18-32-21-8-3-2-4-9-21/h2-10,14,16,20,27H,11-13,15,17-18H2,1H3. The molecular weight excluding hydrogens is 432 g/mol. The van der Waals surface area contributed by atoms with Crippen LogP contribution in [0, 0.1) is 6.92 Å². The molecule has 2 aromatic carbocycles. The molecule has 2 heterocycles. The summed E-state index contributed by atoms with van der Waals surface area (Å²) in [6.45, 7) is 2.81. The number of thiophene rings is 1. The molecule has 1 aliphatic carbocycles. The van der Waals surface area contributed by atoms with Gasteiger partial charge in [0.15, 0.2) is 6.61 Å². The molecule has 1 atom stereocenters. The van der Waals surface area contributed by atoms with Crippen LogP contribution in [0.25, 0.3) is 0 Å². The summed E-state index contributed by atoms with van der Waals surface area (Å²) in [5.74, 6) is 0.531. The lowest BCUT2D eigenvalue weighted by molar-refractivity contribution is -0.143. The van der Waals surface area contributed by atoms with Gasteiger partial charge in [-0.2, -0.15) is 0 Å². The van der Waals surface area contributed by atoms with E-state index in [1.54, 1.807) is 16.2 Å². The van der Waals surface area contributed by atoms with Crippen LogP contribution < -0.4 is 4.74 Å².